The van der Waals surface area contributed by atoms with E-state index in [-0.39, 0.29) is 5.97 Å². The zero-order chi connectivity index (χ0) is 8.10. The number of hydrogen-bond donors (Lipinski definition) is 1. The van der Waals surface area contributed by atoms with Gasteiger partial charge < -0.3 is 4.74 Å². The third-order valence-corrected chi connectivity index (χ3v) is 1.25. The highest BCUT2D eigenvalue weighted by molar-refractivity contribution is 5.65. The van der Waals surface area contributed by atoms with Gasteiger partial charge in [-0.3, -0.25) is 9.89 Å². The van der Waals surface area contributed by atoms with Crippen LogP contribution in [0.2, 0.25) is 0 Å². The molecule has 0 bridgehead atoms. The van der Waals surface area contributed by atoms with Crippen molar-refractivity contribution >= 4 is 5.97 Å². The lowest BCUT2D eigenvalue weighted by molar-refractivity contribution is -0.140. The molecule has 1 heterocycles. The molecule has 0 saturated heterocycles. The van der Waals surface area contributed by atoms with Crippen molar-refractivity contribution in [3.63, 3.8) is 0 Å². The first-order chi connectivity index (χ1) is 5.29. The Morgan fingerprint density at radius 1 is 1.82 bits per heavy atom. The molecule has 0 unspecified atom stereocenters. The average molecular weight is 154 g/mol. The largest absolute Gasteiger partial charge is 0.466 e. The van der Waals surface area contributed by atoms with Gasteiger partial charge in [-0.15, -0.1) is 0 Å². The number of hydrogen-bond acceptors (Lipinski definition) is 3. The highest BCUT2D eigenvalue weighted by Crippen LogP contribution is 1.94. The number of H-pyrrole nitrogens is 1. The number of nitrogens with zero attached hydrogens (tertiary/aromatic N) is 1. The quantitative estimate of drug-likeness (QED) is 0.645. The highest BCUT2D eigenvalue weighted by Gasteiger charge is 1.95. The van der Waals surface area contributed by atoms with Gasteiger partial charge in [0.1, 0.15) is 0 Å². The molecular formula is C7H10N2O2. The van der Waals surface area contributed by atoms with Crippen LogP contribution in [-0.4, -0.2) is 22.8 Å². The lowest BCUT2D eigenvalue weighted by Gasteiger charge is -1.97. The zero-order valence-corrected chi connectivity index (χ0v) is 6.33. The molecule has 4 nitrogen and oxygen atoms in total. The fourth-order valence-corrected chi connectivity index (χ4v) is 0.727. The average Bonchev–Trinajstić information content (AvgIpc) is 2.39. The van der Waals surface area contributed by atoms with Crippen molar-refractivity contribution in [1.29, 1.82) is 0 Å². The van der Waals surface area contributed by atoms with E-state index in [1.165, 1.54) is 6.92 Å². The Balaban J connectivity index is 2.19. The van der Waals surface area contributed by atoms with Crippen LogP contribution in [-0.2, 0) is 16.0 Å². The Morgan fingerprint density at radius 2 is 2.64 bits per heavy atom. The SMILES string of the molecule is CC(=O)OCCc1cn[nH]c1. The normalized spacial score (nSPS) is 9.55. The van der Waals surface area contributed by atoms with Gasteiger partial charge in [0.05, 0.1) is 12.8 Å². The van der Waals surface area contributed by atoms with E-state index < -0.39 is 0 Å². The minimum absolute atomic E-state index is 0.242. The summed E-state index contributed by atoms with van der Waals surface area (Å²) in [6.07, 6.45) is 4.21. The zero-order valence-electron chi connectivity index (χ0n) is 6.33. The van der Waals surface area contributed by atoms with Gasteiger partial charge in [-0.25, -0.2) is 0 Å². The molecule has 0 atom stereocenters. The third-order valence-electron chi connectivity index (χ3n) is 1.25. The number of esters is 1. The summed E-state index contributed by atoms with van der Waals surface area (Å²) < 4.78 is 4.73. The molecule has 0 aliphatic rings. The number of carbonyl (C=O) groups excluding carboxylic acids is 1. The van der Waals surface area contributed by atoms with E-state index in [0.29, 0.717) is 6.61 Å². The number of aromatic nitrogens is 2. The van der Waals surface area contributed by atoms with E-state index in [1.807, 2.05) is 0 Å². The van der Waals surface area contributed by atoms with Gasteiger partial charge in [0, 0.05) is 19.5 Å². The Morgan fingerprint density at radius 3 is 3.18 bits per heavy atom. The summed E-state index contributed by atoms with van der Waals surface area (Å²) in [4.78, 5) is 10.3. The predicted molar refractivity (Wildman–Crippen MR) is 38.9 cm³/mol. The van der Waals surface area contributed by atoms with Gasteiger partial charge in [-0.1, -0.05) is 0 Å². The molecule has 0 aliphatic heterocycles. The van der Waals surface area contributed by atoms with Crippen LogP contribution in [0.1, 0.15) is 12.5 Å². The maximum absolute atomic E-state index is 10.3. The summed E-state index contributed by atoms with van der Waals surface area (Å²) in [5.74, 6) is -0.242. The van der Waals surface area contributed by atoms with Gasteiger partial charge in [0.2, 0.25) is 0 Å². The molecule has 0 spiro atoms. The Labute approximate surface area is 64.6 Å². The summed E-state index contributed by atoms with van der Waals surface area (Å²) in [5.41, 5.74) is 1.05. The fourth-order valence-electron chi connectivity index (χ4n) is 0.727. The first-order valence-electron chi connectivity index (χ1n) is 3.40. The lowest BCUT2D eigenvalue weighted by atomic mass is 10.3. The third kappa shape index (κ3) is 2.84. The van der Waals surface area contributed by atoms with Crippen LogP contribution < -0.4 is 0 Å². The van der Waals surface area contributed by atoms with Crippen LogP contribution in [0.15, 0.2) is 12.4 Å². The van der Waals surface area contributed by atoms with Crippen LogP contribution in [0.4, 0.5) is 0 Å². The van der Waals surface area contributed by atoms with Crippen LogP contribution in [0.5, 0.6) is 0 Å². The van der Waals surface area contributed by atoms with Crippen molar-refractivity contribution in [2.75, 3.05) is 6.61 Å². The van der Waals surface area contributed by atoms with E-state index in [1.54, 1.807) is 12.4 Å². The standard InChI is InChI=1S/C7H10N2O2/c1-6(10)11-3-2-7-4-8-9-5-7/h4-5H,2-3H2,1H3,(H,8,9). The molecule has 11 heavy (non-hydrogen) atoms. The van der Waals surface area contributed by atoms with E-state index in [9.17, 15) is 4.79 Å². The summed E-state index contributed by atoms with van der Waals surface area (Å²) in [5, 5.41) is 6.43. The molecule has 1 aromatic heterocycles. The van der Waals surface area contributed by atoms with Gasteiger partial charge >= 0.3 is 5.97 Å². The molecule has 0 fully saturated rings. The molecule has 1 aromatic rings. The number of ether oxygens (including phenoxy) is 1. The van der Waals surface area contributed by atoms with Crippen molar-refractivity contribution in [1.82, 2.24) is 10.2 Å². The summed E-state index contributed by atoms with van der Waals surface area (Å²) in [6, 6.07) is 0. The van der Waals surface area contributed by atoms with Gasteiger partial charge in [-0.05, 0) is 5.56 Å². The smallest absolute Gasteiger partial charge is 0.302 e. The summed E-state index contributed by atoms with van der Waals surface area (Å²) in [6.45, 7) is 1.82. The van der Waals surface area contributed by atoms with Crippen molar-refractivity contribution in [2.24, 2.45) is 0 Å². The van der Waals surface area contributed by atoms with Crippen LogP contribution in [0, 0.1) is 0 Å². The lowest BCUT2D eigenvalue weighted by Crippen LogP contribution is -2.02. The molecule has 0 aromatic carbocycles. The predicted octanol–water partition coefficient (Wildman–Crippen LogP) is 0.515. The van der Waals surface area contributed by atoms with Gasteiger partial charge in [0.25, 0.3) is 0 Å². The van der Waals surface area contributed by atoms with E-state index in [2.05, 4.69) is 10.2 Å². The Hall–Kier alpha value is -1.32. The second-order valence-corrected chi connectivity index (χ2v) is 2.20. The number of carbonyl (C=O) groups is 1. The highest BCUT2D eigenvalue weighted by atomic mass is 16.5. The number of rotatable bonds is 3. The molecule has 0 radical (unpaired) electrons. The first kappa shape index (κ1) is 7.78. The molecule has 4 heteroatoms. The molecule has 0 aliphatic carbocycles. The fraction of sp³-hybridized carbons (Fsp3) is 0.429. The van der Waals surface area contributed by atoms with Crippen LogP contribution in [0.3, 0.4) is 0 Å². The Kier molecular flexibility index (Phi) is 2.66. The Bertz CT molecular complexity index is 218. The van der Waals surface area contributed by atoms with Crippen molar-refractivity contribution < 1.29 is 9.53 Å². The molecule has 1 N–H and O–H groups in total. The van der Waals surface area contributed by atoms with Crippen molar-refractivity contribution in [3.05, 3.63) is 18.0 Å². The minimum atomic E-state index is -0.242. The second-order valence-electron chi connectivity index (χ2n) is 2.20. The number of nitrogens with one attached hydrogen (secondary N) is 1. The van der Waals surface area contributed by atoms with E-state index >= 15 is 0 Å². The molecule has 0 amide bonds. The molecule has 0 saturated carbocycles. The summed E-state index contributed by atoms with van der Waals surface area (Å²) in [7, 11) is 0. The van der Waals surface area contributed by atoms with Crippen LogP contribution >= 0.6 is 0 Å². The van der Waals surface area contributed by atoms with E-state index in [0.717, 1.165) is 12.0 Å². The minimum Gasteiger partial charge on any atom is -0.466 e. The van der Waals surface area contributed by atoms with Crippen molar-refractivity contribution in [2.45, 2.75) is 13.3 Å². The first-order valence-corrected chi connectivity index (χ1v) is 3.40. The topological polar surface area (TPSA) is 55.0 Å². The van der Waals surface area contributed by atoms with Gasteiger partial charge in [-0.2, -0.15) is 5.10 Å². The van der Waals surface area contributed by atoms with E-state index in [4.69, 9.17) is 4.74 Å². The maximum Gasteiger partial charge on any atom is 0.302 e. The summed E-state index contributed by atoms with van der Waals surface area (Å²) >= 11 is 0. The number of aromatic amines is 1. The van der Waals surface area contributed by atoms with Crippen molar-refractivity contribution in [3.8, 4) is 0 Å². The second kappa shape index (κ2) is 3.75. The van der Waals surface area contributed by atoms with Gasteiger partial charge in [0.15, 0.2) is 0 Å². The monoisotopic (exact) mass is 154 g/mol. The molecule has 60 valence electrons. The maximum atomic E-state index is 10.3. The molecular weight excluding hydrogens is 144 g/mol. The molecule has 1 rings (SSSR count). The van der Waals surface area contributed by atoms with Crippen LogP contribution in [0.25, 0.3) is 0 Å².